The highest BCUT2D eigenvalue weighted by atomic mass is 14.5. The van der Waals surface area contributed by atoms with Crippen LogP contribution in [0.3, 0.4) is 0 Å². The van der Waals surface area contributed by atoms with E-state index in [9.17, 15) is 0 Å². The van der Waals surface area contributed by atoms with Gasteiger partial charge in [-0.2, -0.15) is 0 Å². The molecule has 0 atom stereocenters. The molecule has 0 bridgehead atoms. The number of fused-ring (bicyclic) bond motifs is 3. The third-order valence-corrected chi connectivity index (χ3v) is 11.9. The van der Waals surface area contributed by atoms with Crippen molar-refractivity contribution in [2.24, 2.45) is 0 Å². The number of benzene rings is 8. The van der Waals surface area contributed by atoms with Crippen molar-refractivity contribution in [1.29, 1.82) is 0 Å². The summed E-state index contributed by atoms with van der Waals surface area (Å²) in [4.78, 5) is 0. The van der Waals surface area contributed by atoms with Crippen LogP contribution in [-0.4, -0.2) is 0 Å². The lowest BCUT2D eigenvalue weighted by Crippen LogP contribution is -2.28. The molecule has 0 heteroatoms. The van der Waals surface area contributed by atoms with E-state index in [1.165, 1.54) is 89.0 Å². The molecule has 59 heavy (non-hydrogen) atoms. The smallest absolute Gasteiger partial charge is 0.0619 e. The van der Waals surface area contributed by atoms with Crippen LogP contribution in [0.4, 0.5) is 0 Å². The SMILES string of the molecule is Cc1ccc(C(C)(C)c2cccc(C)c2)cc1.Cc1cccc(C2(c3cccc(C)c3)c3ccccc3-c3ccccc32)c1.Cc1cccc(Cc2cccc(C)c2)c1. The second kappa shape index (κ2) is 17.7. The average molecular weight is 767 g/mol. The minimum Gasteiger partial charge on any atom is -0.0619 e. The molecule has 1 aliphatic carbocycles. The molecular formula is C59H58. The van der Waals surface area contributed by atoms with E-state index in [4.69, 9.17) is 0 Å². The Bertz CT molecular complexity index is 2530. The average Bonchev–Trinajstić information content (AvgIpc) is 3.53. The summed E-state index contributed by atoms with van der Waals surface area (Å²) in [6, 6.07) is 70.8. The molecule has 9 rings (SSSR count). The Labute approximate surface area is 354 Å². The predicted octanol–water partition coefficient (Wildman–Crippen LogP) is 15.2. The Balaban J connectivity index is 0.000000143. The fourth-order valence-corrected chi connectivity index (χ4v) is 8.83. The van der Waals surface area contributed by atoms with Gasteiger partial charge in [0.15, 0.2) is 0 Å². The molecule has 0 saturated carbocycles. The molecule has 0 radical (unpaired) electrons. The lowest BCUT2D eigenvalue weighted by molar-refractivity contribution is 0.640. The first kappa shape index (κ1) is 40.9. The molecule has 0 saturated heterocycles. The van der Waals surface area contributed by atoms with Crippen LogP contribution in [0.5, 0.6) is 0 Å². The van der Waals surface area contributed by atoms with Gasteiger partial charge in [-0.15, -0.1) is 0 Å². The van der Waals surface area contributed by atoms with Gasteiger partial charge in [-0.05, 0) is 104 Å². The van der Waals surface area contributed by atoms with Gasteiger partial charge in [0.05, 0.1) is 5.41 Å². The van der Waals surface area contributed by atoms with Gasteiger partial charge in [-0.25, -0.2) is 0 Å². The van der Waals surface area contributed by atoms with Gasteiger partial charge in [-0.3, -0.25) is 0 Å². The highest BCUT2D eigenvalue weighted by Gasteiger charge is 2.45. The minimum absolute atomic E-state index is 0.0692. The molecule has 0 unspecified atom stereocenters. The fraction of sp³-hybridized carbons (Fsp3) is 0.186. The van der Waals surface area contributed by atoms with E-state index < -0.39 is 0 Å². The Morgan fingerprint density at radius 1 is 0.339 bits per heavy atom. The first-order valence-corrected chi connectivity index (χ1v) is 21.0. The maximum atomic E-state index is 2.35. The Morgan fingerprint density at radius 3 is 1.19 bits per heavy atom. The molecule has 8 aromatic rings. The quantitative estimate of drug-likeness (QED) is 0.158. The lowest BCUT2D eigenvalue weighted by atomic mass is 9.67. The highest BCUT2D eigenvalue weighted by Crippen LogP contribution is 2.56. The molecule has 294 valence electrons. The van der Waals surface area contributed by atoms with Gasteiger partial charge in [0.1, 0.15) is 0 Å². The molecule has 0 N–H and O–H groups in total. The van der Waals surface area contributed by atoms with E-state index in [1.54, 1.807) is 0 Å². The van der Waals surface area contributed by atoms with Crippen LogP contribution in [0.25, 0.3) is 11.1 Å². The maximum absolute atomic E-state index is 2.35. The van der Waals surface area contributed by atoms with Crippen LogP contribution >= 0.6 is 0 Å². The zero-order chi connectivity index (χ0) is 41.6. The molecule has 0 fully saturated rings. The van der Waals surface area contributed by atoms with Crippen molar-refractivity contribution in [2.75, 3.05) is 0 Å². The van der Waals surface area contributed by atoms with Crippen LogP contribution in [0.1, 0.15) is 91.7 Å². The molecule has 0 spiro atoms. The molecule has 0 aliphatic heterocycles. The van der Waals surface area contributed by atoms with Crippen molar-refractivity contribution < 1.29 is 0 Å². The van der Waals surface area contributed by atoms with Gasteiger partial charge in [0, 0.05) is 5.41 Å². The summed E-state index contributed by atoms with van der Waals surface area (Å²) in [5.41, 5.74) is 21.3. The van der Waals surface area contributed by atoms with Crippen molar-refractivity contribution in [3.8, 4) is 11.1 Å². The summed E-state index contributed by atoms with van der Waals surface area (Å²) < 4.78 is 0. The zero-order valence-corrected chi connectivity index (χ0v) is 36.2. The topological polar surface area (TPSA) is 0 Å². The van der Waals surface area contributed by atoms with E-state index in [-0.39, 0.29) is 10.8 Å². The molecule has 0 nitrogen and oxygen atoms in total. The summed E-state index contributed by atoms with van der Waals surface area (Å²) in [5, 5.41) is 0. The van der Waals surface area contributed by atoms with E-state index in [0.29, 0.717) is 0 Å². The van der Waals surface area contributed by atoms with Gasteiger partial charge in [0.25, 0.3) is 0 Å². The van der Waals surface area contributed by atoms with Crippen molar-refractivity contribution in [1.82, 2.24) is 0 Å². The van der Waals surface area contributed by atoms with E-state index >= 15 is 0 Å². The lowest BCUT2D eigenvalue weighted by Gasteiger charge is -2.34. The largest absolute Gasteiger partial charge is 0.0713 e. The minimum atomic E-state index is -0.273. The first-order chi connectivity index (χ1) is 28.4. The first-order valence-electron chi connectivity index (χ1n) is 21.0. The highest BCUT2D eigenvalue weighted by molar-refractivity contribution is 5.86. The summed E-state index contributed by atoms with van der Waals surface area (Å²) in [6.45, 7) is 17.5. The van der Waals surface area contributed by atoms with Crippen LogP contribution in [-0.2, 0) is 17.3 Å². The Hall–Kier alpha value is -6.24. The monoisotopic (exact) mass is 766 g/mol. The molecule has 1 aliphatic rings. The predicted molar refractivity (Wildman–Crippen MR) is 253 cm³/mol. The third-order valence-electron chi connectivity index (χ3n) is 11.9. The van der Waals surface area contributed by atoms with E-state index in [1.807, 2.05) is 0 Å². The van der Waals surface area contributed by atoms with Crippen LogP contribution in [0, 0.1) is 41.5 Å². The molecular weight excluding hydrogens is 709 g/mol. The summed E-state index contributed by atoms with van der Waals surface area (Å²) in [5.74, 6) is 0. The van der Waals surface area contributed by atoms with Gasteiger partial charge in [-0.1, -0.05) is 241 Å². The van der Waals surface area contributed by atoms with Gasteiger partial charge >= 0.3 is 0 Å². The fourth-order valence-electron chi connectivity index (χ4n) is 8.83. The summed E-state index contributed by atoms with van der Waals surface area (Å²) in [7, 11) is 0. The third kappa shape index (κ3) is 8.94. The van der Waals surface area contributed by atoms with E-state index in [2.05, 4.69) is 250 Å². The molecule has 0 heterocycles. The second-order valence-electron chi connectivity index (χ2n) is 17.1. The molecule has 0 aromatic heterocycles. The maximum Gasteiger partial charge on any atom is 0.0713 e. The number of hydrogen-bond donors (Lipinski definition) is 0. The van der Waals surface area contributed by atoms with Crippen LogP contribution in [0.15, 0.2) is 194 Å². The van der Waals surface area contributed by atoms with E-state index in [0.717, 1.165) is 6.42 Å². The zero-order valence-electron chi connectivity index (χ0n) is 36.2. The number of aryl methyl sites for hydroxylation is 6. The van der Waals surface area contributed by atoms with Crippen molar-refractivity contribution in [3.05, 3.63) is 272 Å². The van der Waals surface area contributed by atoms with Crippen LogP contribution < -0.4 is 0 Å². The molecule has 8 aromatic carbocycles. The van der Waals surface area contributed by atoms with Crippen molar-refractivity contribution in [3.63, 3.8) is 0 Å². The normalized spacial score (nSPS) is 12.3. The standard InChI is InChI=1S/C27H22.C17H20.C15H16/c1-19-9-7-11-21(17-19)27(22-12-8-10-20(2)18-22)25-15-5-3-13-23(25)24-14-4-6-16-26(24)27;1-13-8-10-15(11-9-13)17(3,4)16-7-5-6-14(2)12-16;1-12-5-3-7-14(9-12)11-15-8-4-6-13(2)10-15/h3-18H,1-2H3;5-12H,1-4H3;3-10H,11H2,1-2H3. The van der Waals surface area contributed by atoms with Gasteiger partial charge < -0.3 is 0 Å². The van der Waals surface area contributed by atoms with Crippen LogP contribution in [0.2, 0.25) is 0 Å². The van der Waals surface area contributed by atoms with Crippen molar-refractivity contribution in [2.45, 2.75) is 72.6 Å². The number of hydrogen-bond acceptors (Lipinski definition) is 0. The second-order valence-corrected chi connectivity index (χ2v) is 17.1. The Kier molecular flexibility index (Phi) is 12.3. The Morgan fingerprint density at radius 2 is 0.746 bits per heavy atom. The number of rotatable bonds is 6. The van der Waals surface area contributed by atoms with Gasteiger partial charge in [0.2, 0.25) is 0 Å². The van der Waals surface area contributed by atoms with Crippen molar-refractivity contribution >= 4 is 0 Å². The molecule has 0 amide bonds. The summed E-state index contributed by atoms with van der Waals surface area (Å²) in [6.07, 6.45) is 1.03. The summed E-state index contributed by atoms with van der Waals surface area (Å²) >= 11 is 0.